The van der Waals surface area contributed by atoms with Gasteiger partial charge in [0.15, 0.2) is 16.1 Å². The van der Waals surface area contributed by atoms with Crippen LogP contribution >= 0.6 is 15.9 Å². The molecule has 20 heavy (non-hydrogen) atoms. The zero-order valence-corrected chi connectivity index (χ0v) is 11.8. The molecule has 1 aliphatic heterocycles. The van der Waals surface area contributed by atoms with Gasteiger partial charge in [-0.2, -0.15) is 5.26 Å². The second-order valence-corrected chi connectivity index (χ2v) is 5.08. The Morgan fingerprint density at radius 2 is 2.30 bits per heavy atom. The van der Waals surface area contributed by atoms with E-state index in [1.807, 2.05) is 10.6 Å². The Labute approximate surface area is 122 Å². The Kier molecular flexibility index (Phi) is 2.99. The van der Waals surface area contributed by atoms with Gasteiger partial charge in [0, 0.05) is 13.1 Å². The summed E-state index contributed by atoms with van der Waals surface area (Å²) in [5.41, 5.74) is 0.840. The van der Waals surface area contributed by atoms with Crippen molar-refractivity contribution in [3.05, 3.63) is 28.3 Å². The van der Waals surface area contributed by atoms with Gasteiger partial charge in [-0.05, 0) is 28.1 Å². The lowest BCUT2D eigenvalue weighted by atomic mass is 10.2. The molecule has 3 heterocycles. The molecule has 7 nitrogen and oxygen atoms in total. The predicted octanol–water partition coefficient (Wildman–Crippen LogP) is 2.27. The van der Waals surface area contributed by atoms with E-state index in [9.17, 15) is 10.1 Å². The predicted molar refractivity (Wildman–Crippen MR) is 70.8 cm³/mol. The van der Waals surface area contributed by atoms with Crippen molar-refractivity contribution in [3.8, 4) is 17.5 Å². The number of carboxylic acid groups (broad SMARTS) is 1. The molecule has 1 aliphatic rings. The van der Waals surface area contributed by atoms with Gasteiger partial charge in [0.25, 0.3) is 0 Å². The minimum Gasteiger partial charge on any atom is -0.465 e. The van der Waals surface area contributed by atoms with Crippen LogP contribution in [0.4, 0.5) is 4.79 Å². The summed E-state index contributed by atoms with van der Waals surface area (Å²) in [7, 11) is 0. The largest absolute Gasteiger partial charge is 0.465 e. The number of amides is 1. The van der Waals surface area contributed by atoms with Crippen LogP contribution in [-0.4, -0.2) is 32.2 Å². The number of hydrogen-bond acceptors (Lipinski definition) is 4. The van der Waals surface area contributed by atoms with Gasteiger partial charge in [-0.3, -0.25) is 4.90 Å². The minimum atomic E-state index is -0.986. The van der Waals surface area contributed by atoms with Crippen LogP contribution in [0.25, 0.3) is 11.5 Å². The second-order valence-electron chi connectivity index (χ2n) is 4.30. The number of hydrogen-bond donors (Lipinski definition) is 1. The number of aromatic nitrogens is 2. The molecule has 102 valence electrons. The summed E-state index contributed by atoms with van der Waals surface area (Å²) >= 11 is 3.22. The van der Waals surface area contributed by atoms with Crippen LogP contribution in [0, 0.1) is 11.3 Å². The van der Waals surface area contributed by atoms with Crippen LogP contribution < -0.4 is 0 Å². The van der Waals surface area contributed by atoms with Crippen molar-refractivity contribution in [1.29, 1.82) is 5.26 Å². The molecule has 0 bridgehead atoms. The van der Waals surface area contributed by atoms with Crippen molar-refractivity contribution in [2.45, 2.75) is 13.1 Å². The summed E-state index contributed by atoms with van der Waals surface area (Å²) in [4.78, 5) is 16.5. The first-order chi connectivity index (χ1) is 9.60. The van der Waals surface area contributed by atoms with Crippen molar-refractivity contribution < 1.29 is 14.3 Å². The van der Waals surface area contributed by atoms with Gasteiger partial charge in [0.1, 0.15) is 17.6 Å². The fraction of sp³-hybridized carbons (Fsp3) is 0.250. The average molecular weight is 337 g/mol. The third-order valence-electron chi connectivity index (χ3n) is 3.16. The van der Waals surface area contributed by atoms with Gasteiger partial charge in [-0.25, -0.2) is 9.78 Å². The van der Waals surface area contributed by atoms with Gasteiger partial charge >= 0.3 is 6.09 Å². The lowest BCUT2D eigenvalue weighted by Crippen LogP contribution is -2.37. The molecular weight excluding hydrogens is 328 g/mol. The Morgan fingerprint density at radius 1 is 1.50 bits per heavy atom. The standard InChI is InChI=1S/C12H9BrN4O3/c13-9-2-1-8(20-9)11-7(5-14)15-10-6-16(12(18)19)3-4-17(10)11/h1-2H,3-4,6H2,(H,18,19). The first-order valence-corrected chi connectivity index (χ1v) is 6.62. The van der Waals surface area contributed by atoms with Crippen molar-refractivity contribution in [1.82, 2.24) is 14.5 Å². The molecule has 2 aromatic rings. The van der Waals surface area contributed by atoms with E-state index in [4.69, 9.17) is 9.52 Å². The third kappa shape index (κ3) is 1.96. The topological polar surface area (TPSA) is 95.3 Å². The lowest BCUT2D eigenvalue weighted by molar-refractivity contribution is 0.132. The van der Waals surface area contributed by atoms with Crippen molar-refractivity contribution in [2.75, 3.05) is 6.54 Å². The maximum atomic E-state index is 11.0. The Hall–Kier alpha value is -2.27. The van der Waals surface area contributed by atoms with E-state index < -0.39 is 6.09 Å². The summed E-state index contributed by atoms with van der Waals surface area (Å²) in [6.45, 7) is 0.980. The first-order valence-electron chi connectivity index (χ1n) is 5.83. The number of nitriles is 1. The number of nitrogens with zero attached hydrogens (tertiary/aromatic N) is 4. The molecule has 3 rings (SSSR count). The van der Waals surface area contributed by atoms with Crippen LogP contribution in [-0.2, 0) is 13.1 Å². The smallest absolute Gasteiger partial charge is 0.407 e. The summed E-state index contributed by atoms with van der Waals surface area (Å²) in [5.74, 6) is 1.09. The molecular formula is C12H9BrN4O3. The highest BCUT2D eigenvalue weighted by Crippen LogP contribution is 2.30. The van der Waals surface area contributed by atoms with E-state index in [1.54, 1.807) is 12.1 Å². The summed E-state index contributed by atoms with van der Waals surface area (Å²) in [5, 5.41) is 18.2. The maximum Gasteiger partial charge on any atom is 0.407 e. The van der Waals surface area contributed by atoms with E-state index in [0.29, 0.717) is 35.0 Å². The highest BCUT2D eigenvalue weighted by molar-refractivity contribution is 9.10. The molecule has 0 fully saturated rings. The molecule has 2 aromatic heterocycles. The van der Waals surface area contributed by atoms with E-state index in [2.05, 4.69) is 20.9 Å². The van der Waals surface area contributed by atoms with Crippen molar-refractivity contribution in [2.24, 2.45) is 0 Å². The lowest BCUT2D eigenvalue weighted by Gasteiger charge is -2.25. The van der Waals surface area contributed by atoms with E-state index in [1.165, 1.54) is 4.90 Å². The van der Waals surface area contributed by atoms with Crippen molar-refractivity contribution >= 4 is 22.0 Å². The molecule has 0 saturated carbocycles. The van der Waals surface area contributed by atoms with Gasteiger partial charge in [-0.15, -0.1) is 0 Å². The maximum absolute atomic E-state index is 11.0. The monoisotopic (exact) mass is 336 g/mol. The number of fused-ring (bicyclic) bond motifs is 1. The zero-order valence-electron chi connectivity index (χ0n) is 10.2. The average Bonchev–Trinajstić information content (AvgIpc) is 3.00. The Balaban J connectivity index is 2.09. The number of halogens is 1. The summed E-state index contributed by atoms with van der Waals surface area (Å²) in [6, 6.07) is 5.52. The van der Waals surface area contributed by atoms with Gasteiger partial charge in [0.2, 0.25) is 0 Å². The molecule has 1 N–H and O–H groups in total. The fourth-order valence-electron chi connectivity index (χ4n) is 2.26. The van der Waals surface area contributed by atoms with Crippen LogP contribution in [0.2, 0.25) is 0 Å². The first kappa shape index (κ1) is 12.7. The summed E-state index contributed by atoms with van der Waals surface area (Å²) in [6.07, 6.45) is -0.986. The van der Waals surface area contributed by atoms with E-state index in [0.717, 1.165) is 0 Å². The molecule has 8 heteroatoms. The molecule has 0 aliphatic carbocycles. The number of furan rings is 1. The molecule has 0 unspecified atom stereocenters. The molecule has 0 aromatic carbocycles. The van der Waals surface area contributed by atoms with Crippen LogP contribution in [0.15, 0.2) is 21.2 Å². The van der Waals surface area contributed by atoms with Crippen LogP contribution in [0.1, 0.15) is 11.5 Å². The van der Waals surface area contributed by atoms with Gasteiger partial charge < -0.3 is 14.1 Å². The quantitative estimate of drug-likeness (QED) is 0.861. The minimum absolute atomic E-state index is 0.173. The third-order valence-corrected chi connectivity index (χ3v) is 3.58. The highest BCUT2D eigenvalue weighted by atomic mass is 79.9. The second kappa shape index (κ2) is 4.68. The van der Waals surface area contributed by atoms with Crippen LogP contribution in [0.5, 0.6) is 0 Å². The normalized spacial score (nSPS) is 13.9. The Bertz CT molecular complexity index is 728. The van der Waals surface area contributed by atoms with Crippen LogP contribution in [0.3, 0.4) is 0 Å². The molecule has 0 saturated heterocycles. The fourth-order valence-corrected chi connectivity index (χ4v) is 2.57. The molecule has 0 atom stereocenters. The van der Waals surface area contributed by atoms with Gasteiger partial charge in [0.05, 0.1) is 6.54 Å². The van der Waals surface area contributed by atoms with E-state index >= 15 is 0 Å². The Morgan fingerprint density at radius 3 is 2.90 bits per heavy atom. The number of rotatable bonds is 1. The van der Waals surface area contributed by atoms with E-state index in [-0.39, 0.29) is 12.2 Å². The highest BCUT2D eigenvalue weighted by Gasteiger charge is 2.27. The number of imidazole rings is 1. The van der Waals surface area contributed by atoms with Crippen molar-refractivity contribution in [3.63, 3.8) is 0 Å². The number of carbonyl (C=O) groups is 1. The van der Waals surface area contributed by atoms with Gasteiger partial charge in [-0.1, -0.05) is 0 Å². The molecule has 1 amide bonds. The summed E-state index contributed by atoms with van der Waals surface area (Å²) < 4.78 is 7.89. The SMILES string of the molecule is N#Cc1nc2n(c1-c1ccc(Br)o1)CCN(C(=O)O)C2. The molecule has 0 radical (unpaired) electrons. The zero-order chi connectivity index (χ0) is 14.3. The molecule has 0 spiro atoms.